The number of rotatable bonds is 5. The molecule has 2 rings (SSSR count). The first-order chi connectivity index (χ1) is 9.08. The highest BCUT2D eigenvalue weighted by molar-refractivity contribution is 7.05. The zero-order chi connectivity index (χ0) is 13.8. The van der Waals surface area contributed by atoms with Crippen LogP contribution in [-0.2, 0) is 6.54 Å². The Morgan fingerprint density at radius 3 is 2.79 bits per heavy atom. The number of hydrogen-bond donors (Lipinski definition) is 1. The van der Waals surface area contributed by atoms with Crippen LogP contribution in [0.2, 0.25) is 0 Å². The van der Waals surface area contributed by atoms with Crippen LogP contribution in [-0.4, -0.2) is 16.1 Å². The summed E-state index contributed by atoms with van der Waals surface area (Å²) in [6, 6.07) is 6.47. The summed E-state index contributed by atoms with van der Waals surface area (Å²) in [4.78, 5) is 1.22. The second-order valence-corrected chi connectivity index (χ2v) is 6.23. The third-order valence-corrected chi connectivity index (χ3v) is 3.76. The van der Waals surface area contributed by atoms with Crippen LogP contribution in [0.15, 0.2) is 18.2 Å². The van der Waals surface area contributed by atoms with Gasteiger partial charge in [0.05, 0.1) is 4.88 Å². The van der Waals surface area contributed by atoms with Gasteiger partial charge in [-0.25, -0.2) is 0 Å². The third-order valence-electron chi connectivity index (χ3n) is 3.04. The van der Waals surface area contributed by atoms with Crippen molar-refractivity contribution in [2.45, 2.75) is 34.2 Å². The van der Waals surface area contributed by atoms with Gasteiger partial charge < -0.3 is 5.32 Å². The molecule has 0 aliphatic rings. The van der Waals surface area contributed by atoms with Crippen LogP contribution in [0.5, 0.6) is 0 Å². The van der Waals surface area contributed by atoms with Gasteiger partial charge in [0.1, 0.15) is 5.69 Å². The van der Waals surface area contributed by atoms with Crippen LogP contribution < -0.4 is 5.32 Å². The molecule has 0 atom stereocenters. The number of aromatic nitrogens is 2. The summed E-state index contributed by atoms with van der Waals surface area (Å²) in [5.74, 6) is 0.657. The fourth-order valence-electron chi connectivity index (χ4n) is 1.99. The molecule has 0 unspecified atom stereocenters. The number of nitrogens with zero attached hydrogens (tertiary/aromatic N) is 2. The predicted octanol–water partition coefficient (Wildman–Crippen LogP) is 3.57. The Morgan fingerprint density at radius 2 is 2.05 bits per heavy atom. The van der Waals surface area contributed by atoms with Crippen molar-refractivity contribution in [2.24, 2.45) is 5.92 Å². The minimum atomic E-state index is 0.657. The highest BCUT2D eigenvalue weighted by Crippen LogP contribution is 2.27. The van der Waals surface area contributed by atoms with Gasteiger partial charge in [0.15, 0.2) is 0 Å². The molecule has 1 aromatic carbocycles. The molecule has 0 saturated carbocycles. The number of benzene rings is 1. The summed E-state index contributed by atoms with van der Waals surface area (Å²) in [5, 5.41) is 7.78. The van der Waals surface area contributed by atoms with Crippen LogP contribution in [0.4, 0.5) is 0 Å². The Balaban J connectivity index is 2.21. The molecule has 19 heavy (non-hydrogen) atoms. The molecule has 0 fully saturated rings. The topological polar surface area (TPSA) is 37.8 Å². The van der Waals surface area contributed by atoms with Crippen molar-refractivity contribution in [3.8, 4) is 11.3 Å². The van der Waals surface area contributed by atoms with E-state index in [1.165, 1.54) is 33.1 Å². The number of hydrogen-bond acceptors (Lipinski definition) is 4. The summed E-state index contributed by atoms with van der Waals surface area (Å²) in [7, 11) is 0. The SMILES string of the molecule is Cc1ccc(C)c(-c2nnsc2CNCC(C)C)c1. The average molecular weight is 275 g/mol. The van der Waals surface area contributed by atoms with Crippen LogP contribution >= 0.6 is 11.5 Å². The van der Waals surface area contributed by atoms with Crippen LogP contribution in [0.25, 0.3) is 11.3 Å². The van der Waals surface area contributed by atoms with E-state index in [0.717, 1.165) is 18.8 Å². The summed E-state index contributed by atoms with van der Waals surface area (Å²) in [6.45, 7) is 10.5. The molecule has 0 bridgehead atoms. The summed E-state index contributed by atoms with van der Waals surface area (Å²) in [5.41, 5.74) is 4.75. The number of aryl methyl sites for hydroxylation is 2. The van der Waals surface area contributed by atoms with E-state index in [9.17, 15) is 0 Å². The van der Waals surface area contributed by atoms with E-state index in [4.69, 9.17) is 0 Å². The molecule has 102 valence electrons. The highest BCUT2D eigenvalue weighted by atomic mass is 32.1. The monoisotopic (exact) mass is 275 g/mol. The second kappa shape index (κ2) is 6.26. The van der Waals surface area contributed by atoms with E-state index in [2.05, 4.69) is 60.8 Å². The first-order valence-electron chi connectivity index (χ1n) is 6.67. The Hall–Kier alpha value is -1.26. The van der Waals surface area contributed by atoms with Gasteiger partial charge in [-0.2, -0.15) is 0 Å². The molecule has 0 radical (unpaired) electrons. The zero-order valence-electron chi connectivity index (χ0n) is 12.0. The van der Waals surface area contributed by atoms with Crippen LogP contribution in [0.1, 0.15) is 29.9 Å². The highest BCUT2D eigenvalue weighted by Gasteiger charge is 2.12. The van der Waals surface area contributed by atoms with Gasteiger partial charge in [-0.3, -0.25) is 0 Å². The van der Waals surface area contributed by atoms with Crippen molar-refractivity contribution in [2.75, 3.05) is 6.54 Å². The van der Waals surface area contributed by atoms with E-state index >= 15 is 0 Å². The van der Waals surface area contributed by atoms with Crippen molar-refractivity contribution in [3.05, 3.63) is 34.2 Å². The summed E-state index contributed by atoms with van der Waals surface area (Å²) >= 11 is 1.49. The number of nitrogens with one attached hydrogen (secondary N) is 1. The van der Waals surface area contributed by atoms with Crippen LogP contribution in [0.3, 0.4) is 0 Å². The molecule has 4 heteroatoms. The standard InChI is InChI=1S/C15H21N3S/c1-10(2)8-16-9-14-15(17-18-19-14)13-7-11(3)5-6-12(13)4/h5-7,10,16H,8-9H2,1-4H3. The maximum Gasteiger partial charge on any atom is 0.110 e. The fourth-order valence-corrected chi connectivity index (χ4v) is 2.62. The minimum Gasteiger partial charge on any atom is -0.311 e. The second-order valence-electron chi connectivity index (χ2n) is 5.39. The first-order valence-corrected chi connectivity index (χ1v) is 7.45. The van der Waals surface area contributed by atoms with Crippen molar-refractivity contribution in [3.63, 3.8) is 0 Å². The molecule has 0 saturated heterocycles. The first kappa shape index (κ1) is 14.2. The zero-order valence-corrected chi connectivity index (χ0v) is 12.8. The normalized spacial score (nSPS) is 11.2. The third kappa shape index (κ3) is 3.61. The lowest BCUT2D eigenvalue weighted by Gasteiger charge is -2.08. The van der Waals surface area contributed by atoms with E-state index in [-0.39, 0.29) is 0 Å². The fraction of sp³-hybridized carbons (Fsp3) is 0.467. The minimum absolute atomic E-state index is 0.657. The molecule has 0 aliphatic carbocycles. The van der Waals surface area contributed by atoms with Gasteiger partial charge >= 0.3 is 0 Å². The van der Waals surface area contributed by atoms with Crippen molar-refractivity contribution in [1.82, 2.24) is 14.9 Å². The molecule has 0 aliphatic heterocycles. The molecule has 0 spiro atoms. The average Bonchev–Trinajstić information content (AvgIpc) is 2.80. The lowest BCUT2D eigenvalue weighted by Crippen LogP contribution is -2.18. The molecule has 1 heterocycles. The van der Waals surface area contributed by atoms with Crippen molar-refractivity contribution in [1.29, 1.82) is 0 Å². The summed E-state index contributed by atoms with van der Waals surface area (Å²) < 4.78 is 4.12. The summed E-state index contributed by atoms with van der Waals surface area (Å²) in [6.07, 6.45) is 0. The van der Waals surface area contributed by atoms with Gasteiger partial charge in [0.2, 0.25) is 0 Å². The Morgan fingerprint density at radius 1 is 1.26 bits per heavy atom. The smallest absolute Gasteiger partial charge is 0.110 e. The lowest BCUT2D eigenvalue weighted by molar-refractivity contribution is 0.555. The maximum absolute atomic E-state index is 4.31. The Labute approximate surface area is 119 Å². The molecular formula is C15H21N3S. The molecule has 2 aromatic rings. The molecule has 1 N–H and O–H groups in total. The predicted molar refractivity (Wildman–Crippen MR) is 81.4 cm³/mol. The molecular weight excluding hydrogens is 254 g/mol. The van der Waals surface area contributed by atoms with Gasteiger partial charge in [-0.15, -0.1) is 5.10 Å². The van der Waals surface area contributed by atoms with E-state index in [1.54, 1.807) is 0 Å². The molecule has 1 aromatic heterocycles. The Bertz CT molecular complexity index is 546. The largest absolute Gasteiger partial charge is 0.311 e. The lowest BCUT2D eigenvalue weighted by atomic mass is 10.0. The van der Waals surface area contributed by atoms with Crippen molar-refractivity contribution < 1.29 is 0 Å². The molecule has 3 nitrogen and oxygen atoms in total. The van der Waals surface area contributed by atoms with Crippen LogP contribution in [0, 0.1) is 19.8 Å². The maximum atomic E-state index is 4.31. The quantitative estimate of drug-likeness (QED) is 0.906. The van der Waals surface area contributed by atoms with E-state index in [0.29, 0.717) is 5.92 Å². The van der Waals surface area contributed by atoms with Crippen molar-refractivity contribution >= 4 is 11.5 Å². The van der Waals surface area contributed by atoms with E-state index < -0.39 is 0 Å². The van der Waals surface area contributed by atoms with Gasteiger partial charge in [-0.1, -0.05) is 36.0 Å². The van der Waals surface area contributed by atoms with Gasteiger partial charge in [-0.05, 0) is 49.5 Å². The van der Waals surface area contributed by atoms with Gasteiger partial charge in [0.25, 0.3) is 0 Å². The molecule has 0 amide bonds. The van der Waals surface area contributed by atoms with Gasteiger partial charge in [0, 0.05) is 12.1 Å². The Kier molecular flexibility index (Phi) is 4.66. The van der Waals surface area contributed by atoms with E-state index in [1.807, 2.05) is 0 Å².